The fourth-order valence-electron chi connectivity index (χ4n) is 3.86. The molecule has 3 aromatic rings. The molecule has 9 heteroatoms. The number of benzene rings is 3. The first-order valence-corrected chi connectivity index (χ1v) is 15.6. The predicted molar refractivity (Wildman–Crippen MR) is 113 cm³/mol. The molecule has 1 spiro atoms. The topological polar surface area (TPSA) is 82.1 Å². The summed E-state index contributed by atoms with van der Waals surface area (Å²) in [6, 6.07) is 16.9. The molecular formula is C21H11O6PbS2. The molecule has 2 heterocycles. The van der Waals surface area contributed by atoms with Crippen molar-refractivity contribution < 1.29 is 28.9 Å². The number of hydrogen-bond acceptors (Lipinski definition) is 8. The monoisotopic (exact) mass is 631 g/mol. The van der Waals surface area contributed by atoms with E-state index < -0.39 is 16.9 Å². The van der Waals surface area contributed by atoms with E-state index in [4.69, 9.17) is 14.2 Å². The standard InChI is InChI=1S/C21H12O6S2.Pb/c22-11-5-7-15-17(9-11)26-18-10-12(25-20(24)29-28)6-8-16(18)21(15)14-4-2-1-3-13(14)19(23)27-21;/h1-10,22,28H;/q;+1/p-1. The Morgan fingerprint density at radius 3 is 2.53 bits per heavy atom. The molecular weight excluding hydrogens is 620 g/mol. The molecule has 1 N–H and O–H groups in total. The van der Waals surface area contributed by atoms with Crippen molar-refractivity contribution in [2.45, 2.75) is 5.60 Å². The summed E-state index contributed by atoms with van der Waals surface area (Å²) in [5.41, 5.74) is 1.17. The SMILES string of the molecule is O=C(Oc1ccc2c(c1)Oc1cc(O)ccc1C21OC(=O)c2ccccc21)S[S][Pb]. The third kappa shape index (κ3) is 3.00. The van der Waals surface area contributed by atoms with Gasteiger partial charge in [-0.05, 0) is 0 Å². The van der Waals surface area contributed by atoms with Gasteiger partial charge in [0.05, 0.1) is 0 Å². The molecule has 147 valence electrons. The molecule has 6 nitrogen and oxygen atoms in total. The van der Waals surface area contributed by atoms with Crippen molar-refractivity contribution in [3.8, 4) is 23.0 Å². The zero-order valence-electron chi connectivity index (χ0n) is 15.1. The molecule has 2 aliphatic rings. The Hall–Kier alpha value is -2.18. The molecule has 0 amide bonds. The van der Waals surface area contributed by atoms with Crippen molar-refractivity contribution in [1.29, 1.82) is 0 Å². The second kappa shape index (κ2) is 7.50. The fourth-order valence-corrected chi connectivity index (χ4v) is 6.74. The average Bonchev–Trinajstić information content (AvgIpc) is 3.01. The summed E-state index contributed by atoms with van der Waals surface area (Å²) in [6.07, 6.45) is 0. The normalized spacial score (nSPS) is 18.1. The van der Waals surface area contributed by atoms with Crippen molar-refractivity contribution in [2.24, 2.45) is 0 Å². The summed E-state index contributed by atoms with van der Waals surface area (Å²) in [7, 11) is 2.46. The summed E-state index contributed by atoms with van der Waals surface area (Å²) >= 11 is 0.806. The van der Waals surface area contributed by atoms with E-state index >= 15 is 0 Å². The molecule has 0 aliphatic carbocycles. The first-order chi connectivity index (χ1) is 14.5. The van der Waals surface area contributed by atoms with Gasteiger partial charge in [-0.25, -0.2) is 0 Å². The molecule has 0 aromatic heterocycles. The Kier molecular flexibility index (Phi) is 4.94. The van der Waals surface area contributed by atoms with Crippen LogP contribution in [0.3, 0.4) is 0 Å². The van der Waals surface area contributed by atoms with Crippen LogP contribution in [0.15, 0.2) is 60.7 Å². The van der Waals surface area contributed by atoms with Crippen molar-refractivity contribution in [1.82, 2.24) is 0 Å². The molecule has 3 radical (unpaired) electrons. The number of rotatable bonds is 2. The average molecular weight is 631 g/mol. The van der Waals surface area contributed by atoms with Gasteiger partial charge < -0.3 is 0 Å². The molecule has 2 aliphatic heterocycles. The van der Waals surface area contributed by atoms with E-state index in [9.17, 15) is 14.7 Å². The van der Waals surface area contributed by atoms with E-state index in [0.29, 0.717) is 39.5 Å². The van der Waals surface area contributed by atoms with E-state index in [-0.39, 0.29) is 5.75 Å². The predicted octanol–water partition coefficient (Wildman–Crippen LogP) is 4.92. The third-order valence-corrected chi connectivity index (χ3v) is 8.86. The number of fused-ring (bicyclic) bond motifs is 6. The number of phenols is 1. The van der Waals surface area contributed by atoms with Crippen LogP contribution >= 0.6 is 18.1 Å². The summed E-state index contributed by atoms with van der Waals surface area (Å²) in [5.74, 6) is 0.645. The molecule has 1 unspecified atom stereocenters. The van der Waals surface area contributed by atoms with Gasteiger partial charge in [0.15, 0.2) is 0 Å². The van der Waals surface area contributed by atoms with Crippen LogP contribution in [0.4, 0.5) is 4.79 Å². The Labute approximate surface area is 193 Å². The summed E-state index contributed by atoms with van der Waals surface area (Å²) < 4.78 is 17.4. The maximum absolute atomic E-state index is 12.7. The quantitative estimate of drug-likeness (QED) is 0.243. The van der Waals surface area contributed by atoms with Crippen LogP contribution in [0, 0.1) is 0 Å². The molecule has 0 saturated carbocycles. The van der Waals surface area contributed by atoms with Crippen molar-refractivity contribution >= 4 is 53.7 Å². The van der Waals surface area contributed by atoms with Gasteiger partial charge in [0.2, 0.25) is 0 Å². The van der Waals surface area contributed by atoms with Crippen LogP contribution in [-0.4, -0.2) is 40.6 Å². The zero-order chi connectivity index (χ0) is 20.9. The van der Waals surface area contributed by atoms with Crippen LogP contribution in [0.2, 0.25) is 0 Å². The second-order valence-corrected chi connectivity index (χ2v) is 14.1. The van der Waals surface area contributed by atoms with E-state index in [2.05, 4.69) is 0 Å². The van der Waals surface area contributed by atoms with E-state index in [1.807, 2.05) is 12.1 Å². The van der Waals surface area contributed by atoms with Gasteiger partial charge in [0.1, 0.15) is 0 Å². The second-order valence-electron chi connectivity index (χ2n) is 6.58. The van der Waals surface area contributed by atoms with Gasteiger partial charge >= 0.3 is 188 Å². The first kappa shape index (κ1) is 19.8. The molecule has 5 rings (SSSR count). The minimum absolute atomic E-state index is 0.0214. The van der Waals surface area contributed by atoms with Gasteiger partial charge in [0.25, 0.3) is 0 Å². The first-order valence-electron chi connectivity index (χ1n) is 8.73. The molecule has 3 aromatic carbocycles. The minimum atomic E-state index is -1.22. The molecule has 30 heavy (non-hydrogen) atoms. The zero-order valence-corrected chi connectivity index (χ0v) is 20.6. The molecule has 1 atom stereocenters. The van der Waals surface area contributed by atoms with Crippen LogP contribution in [-0.2, 0) is 10.3 Å². The Balaban J connectivity index is 1.72. The van der Waals surface area contributed by atoms with Crippen LogP contribution in [0.1, 0.15) is 27.0 Å². The van der Waals surface area contributed by atoms with E-state index in [1.54, 1.807) is 36.4 Å². The fraction of sp³-hybridized carbons (Fsp3) is 0.0476. The Morgan fingerprint density at radius 2 is 1.73 bits per heavy atom. The summed E-state index contributed by atoms with van der Waals surface area (Å²) in [5, 5.41) is 9.57. The number of ether oxygens (including phenoxy) is 3. The molecule has 0 fully saturated rings. The van der Waals surface area contributed by atoms with Crippen LogP contribution in [0.5, 0.6) is 23.0 Å². The van der Waals surface area contributed by atoms with Crippen molar-refractivity contribution in [3.05, 3.63) is 82.9 Å². The molecule has 0 saturated heterocycles. The number of hydrogen-bond donors (Lipinski definition) is 1. The summed E-state index contributed by atoms with van der Waals surface area (Å²) in [4.78, 5) is 24.6. The summed E-state index contributed by atoms with van der Waals surface area (Å²) in [6.45, 7) is 0. The van der Waals surface area contributed by atoms with Gasteiger partial charge in [-0.2, -0.15) is 0 Å². The van der Waals surface area contributed by atoms with Gasteiger partial charge in [-0.3, -0.25) is 0 Å². The van der Waals surface area contributed by atoms with E-state index in [1.165, 1.54) is 19.5 Å². The van der Waals surface area contributed by atoms with Gasteiger partial charge in [-0.1, -0.05) is 6.07 Å². The number of carbonyl (C=O) groups excluding carboxylic acids is 2. The van der Waals surface area contributed by atoms with Crippen LogP contribution in [0.25, 0.3) is 0 Å². The number of esters is 1. The number of phenolic OH excluding ortho intramolecular Hbond substituents is 1. The number of aromatic hydroxyl groups is 1. The van der Waals surface area contributed by atoms with Crippen LogP contribution < -0.4 is 9.47 Å². The van der Waals surface area contributed by atoms with E-state index in [0.717, 1.165) is 35.1 Å². The Bertz CT molecular complexity index is 1210. The molecule has 0 bridgehead atoms. The van der Waals surface area contributed by atoms with Crippen molar-refractivity contribution in [3.63, 3.8) is 0 Å². The van der Waals surface area contributed by atoms with Gasteiger partial charge in [-0.15, -0.1) is 0 Å². The maximum atomic E-state index is 12.7. The Morgan fingerprint density at radius 1 is 1.00 bits per heavy atom. The third-order valence-electron chi connectivity index (χ3n) is 4.98. The van der Waals surface area contributed by atoms with Gasteiger partial charge in [0, 0.05) is 0 Å². The van der Waals surface area contributed by atoms with Crippen molar-refractivity contribution in [2.75, 3.05) is 0 Å². The number of carbonyl (C=O) groups is 2.